The quantitative estimate of drug-likeness (QED) is 0.400. The second-order valence-electron chi connectivity index (χ2n) is 9.06. The van der Waals surface area contributed by atoms with Gasteiger partial charge in [0.2, 0.25) is 0 Å². The first-order chi connectivity index (χ1) is 16.4. The summed E-state index contributed by atoms with van der Waals surface area (Å²) in [5.41, 5.74) is 14.7. The Morgan fingerprint density at radius 3 is 1.57 bits per heavy atom. The molecule has 0 saturated carbocycles. The number of rotatable bonds is 1. The minimum Gasteiger partial charge on any atom is -0.249 e. The van der Waals surface area contributed by atoms with Crippen LogP contribution in [0.3, 0.4) is 0 Å². The van der Waals surface area contributed by atoms with Gasteiger partial charge in [0.15, 0.2) is 0 Å². The molecule has 0 radical (unpaired) electrons. The zero-order chi connectivity index (χ0) is 23.4. The summed E-state index contributed by atoms with van der Waals surface area (Å²) in [5, 5.41) is 0. The molecule has 35 heavy (non-hydrogen) atoms. The van der Waals surface area contributed by atoms with Crippen molar-refractivity contribution in [1.29, 1.82) is 0 Å². The molecule has 5 heteroatoms. The van der Waals surface area contributed by atoms with Crippen LogP contribution in [0.2, 0.25) is 0 Å². The molecule has 5 heterocycles. The Morgan fingerprint density at radius 2 is 1.00 bits per heavy atom. The third-order valence-electron chi connectivity index (χ3n) is 6.81. The van der Waals surface area contributed by atoms with Gasteiger partial charge in [-0.25, -0.2) is 20.0 Å². The number of benzene rings is 1. The monoisotopic (exact) mass is 504 g/mol. The second kappa shape index (κ2) is 8.90. The molecule has 0 aromatic heterocycles. The standard InChI is InChI=1S/C30H24N4.Zn/c1-17-11-28(20(4)19(3)18(17)2)29-15-27-14-25-8-7-23(32-25)12-21-5-6-22(31-21)13-24-9-10-26(33-24)16-30(29)34-27;/h5-16H,1-4H3;. The Labute approximate surface area is 218 Å². The second-order valence-corrected chi connectivity index (χ2v) is 9.06. The molecule has 4 nitrogen and oxygen atoms in total. The minimum absolute atomic E-state index is 0. The summed E-state index contributed by atoms with van der Waals surface area (Å²) >= 11 is 0. The van der Waals surface area contributed by atoms with E-state index in [1.807, 2.05) is 54.7 Å². The summed E-state index contributed by atoms with van der Waals surface area (Å²) < 4.78 is 0. The van der Waals surface area contributed by atoms with Crippen LogP contribution in [0.25, 0.3) is 5.57 Å². The van der Waals surface area contributed by atoms with Crippen molar-refractivity contribution in [2.24, 2.45) is 20.0 Å². The van der Waals surface area contributed by atoms with Crippen molar-refractivity contribution in [3.05, 3.63) is 124 Å². The van der Waals surface area contributed by atoms with Gasteiger partial charge in [-0.1, -0.05) is 6.07 Å². The molecule has 0 fully saturated rings. The number of hydrogen-bond donors (Lipinski definition) is 0. The minimum atomic E-state index is 0. The number of aryl methyl sites for hydroxylation is 1. The Morgan fingerprint density at radius 1 is 0.486 bits per heavy atom. The third-order valence-corrected chi connectivity index (χ3v) is 6.81. The van der Waals surface area contributed by atoms with E-state index >= 15 is 0 Å². The fourth-order valence-corrected chi connectivity index (χ4v) is 4.60. The van der Waals surface area contributed by atoms with E-state index in [4.69, 9.17) is 15.0 Å². The van der Waals surface area contributed by atoms with Crippen LogP contribution in [0.5, 0.6) is 0 Å². The fourth-order valence-electron chi connectivity index (χ4n) is 4.60. The van der Waals surface area contributed by atoms with Gasteiger partial charge >= 0.3 is 0 Å². The molecule has 0 spiro atoms. The summed E-state index contributed by atoms with van der Waals surface area (Å²) in [4.78, 5) is 19.2. The number of aliphatic imine (C=N–C) groups is 4. The number of hydrogen-bond acceptors (Lipinski definition) is 4. The normalized spacial score (nSPS) is 19.3. The van der Waals surface area contributed by atoms with Crippen LogP contribution in [0.15, 0.2) is 116 Å². The molecule has 0 aliphatic carbocycles. The van der Waals surface area contributed by atoms with Gasteiger partial charge in [-0.05, 0) is 122 Å². The maximum Gasteiger partial charge on any atom is 0.0737 e. The molecule has 5 aliphatic rings. The van der Waals surface area contributed by atoms with Gasteiger partial charge < -0.3 is 0 Å². The van der Waals surface area contributed by atoms with Crippen LogP contribution in [-0.4, -0.2) is 22.8 Å². The van der Waals surface area contributed by atoms with Crippen LogP contribution in [0, 0.1) is 27.7 Å². The van der Waals surface area contributed by atoms with Crippen molar-refractivity contribution in [3.63, 3.8) is 0 Å². The van der Waals surface area contributed by atoms with Crippen LogP contribution in [0.1, 0.15) is 27.8 Å². The predicted molar refractivity (Wildman–Crippen MR) is 143 cm³/mol. The molecule has 166 valence electrons. The summed E-state index contributed by atoms with van der Waals surface area (Å²) in [6.07, 6.45) is 22.4. The van der Waals surface area contributed by atoms with Crippen molar-refractivity contribution < 1.29 is 19.5 Å². The summed E-state index contributed by atoms with van der Waals surface area (Å²) in [5.74, 6) is 0. The Balaban J connectivity index is 0.00000253. The van der Waals surface area contributed by atoms with E-state index in [-0.39, 0.29) is 19.5 Å². The average Bonchev–Trinajstić information content (AvgIpc) is 3.60. The molecule has 0 amide bonds. The molecule has 1 aromatic rings. The average molecular weight is 506 g/mol. The number of fused-ring (bicyclic) bond motifs is 4. The van der Waals surface area contributed by atoms with E-state index < -0.39 is 0 Å². The smallest absolute Gasteiger partial charge is 0.0737 e. The molecule has 5 aliphatic heterocycles. The van der Waals surface area contributed by atoms with E-state index in [1.165, 1.54) is 27.8 Å². The van der Waals surface area contributed by atoms with E-state index in [2.05, 4.69) is 50.9 Å². The van der Waals surface area contributed by atoms with Gasteiger partial charge in [0.05, 0.1) is 45.6 Å². The molecule has 8 bridgehead atoms. The first-order valence-corrected chi connectivity index (χ1v) is 11.5. The maximum atomic E-state index is 4.99. The molecular weight excluding hydrogens is 482 g/mol. The van der Waals surface area contributed by atoms with Crippen LogP contribution in [-0.2, 0) is 19.5 Å². The van der Waals surface area contributed by atoms with E-state index in [0.29, 0.717) is 0 Å². The fraction of sp³-hybridized carbons (Fsp3) is 0.133. The molecule has 0 atom stereocenters. The molecule has 0 unspecified atom stereocenters. The van der Waals surface area contributed by atoms with Gasteiger partial charge in [-0.3, -0.25) is 0 Å². The van der Waals surface area contributed by atoms with Crippen LogP contribution < -0.4 is 0 Å². The first kappa shape index (κ1) is 23.2. The molecule has 0 N–H and O–H groups in total. The number of allylic oxidation sites excluding steroid dienone is 12. The third kappa shape index (κ3) is 4.33. The largest absolute Gasteiger partial charge is 0.249 e. The molecular formula is C30H24N4Zn. The first-order valence-electron chi connectivity index (χ1n) is 11.5. The van der Waals surface area contributed by atoms with Crippen LogP contribution >= 0.6 is 0 Å². The topological polar surface area (TPSA) is 49.4 Å². The van der Waals surface area contributed by atoms with E-state index in [9.17, 15) is 0 Å². The van der Waals surface area contributed by atoms with Gasteiger partial charge in [0, 0.05) is 25.1 Å². The van der Waals surface area contributed by atoms with Crippen molar-refractivity contribution in [1.82, 2.24) is 0 Å². The van der Waals surface area contributed by atoms with Gasteiger partial charge in [-0.2, -0.15) is 0 Å². The van der Waals surface area contributed by atoms with Crippen molar-refractivity contribution in [3.8, 4) is 0 Å². The van der Waals surface area contributed by atoms with Crippen LogP contribution in [0.4, 0.5) is 0 Å². The zero-order valence-electron chi connectivity index (χ0n) is 20.4. The van der Waals surface area contributed by atoms with Gasteiger partial charge in [-0.15, -0.1) is 0 Å². The summed E-state index contributed by atoms with van der Waals surface area (Å²) in [6, 6.07) is 2.28. The molecule has 1 aromatic carbocycles. The summed E-state index contributed by atoms with van der Waals surface area (Å²) in [6.45, 7) is 8.76. The summed E-state index contributed by atoms with van der Waals surface area (Å²) in [7, 11) is 0. The Bertz CT molecular complexity index is 1560. The maximum absolute atomic E-state index is 4.99. The SMILES string of the molecule is Cc1cc(C2=CC3=NC2=CC2=NC(=CC4=NC(=CC5=NC(=C3)C=C5)C=C4)C=C2)c(C)c(C)c1C.[Zn]. The van der Waals surface area contributed by atoms with E-state index in [0.717, 1.165) is 51.2 Å². The van der Waals surface area contributed by atoms with E-state index in [1.54, 1.807) is 0 Å². The van der Waals surface area contributed by atoms with Gasteiger partial charge in [0.1, 0.15) is 0 Å². The zero-order valence-corrected chi connectivity index (χ0v) is 23.4. The van der Waals surface area contributed by atoms with Crippen molar-refractivity contribution >= 4 is 28.4 Å². The van der Waals surface area contributed by atoms with Crippen molar-refractivity contribution in [2.75, 3.05) is 0 Å². The molecule has 6 rings (SSSR count). The predicted octanol–water partition coefficient (Wildman–Crippen LogP) is 6.34. The Hall–Kier alpha value is -3.56. The van der Waals surface area contributed by atoms with Crippen molar-refractivity contribution in [2.45, 2.75) is 27.7 Å². The number of nitrogens with zero attached hydrogens (tertiary/aromatic N) is 4. The molecule has 0 saturated heterocycles. The Kier molecular flexibility index (Phi) is 5.90. The van der Waals surface area contributed by atoms with Gasteiger partial charge in [0.25, 0.3) is 0 Å².